The Morgan fingerprint density at radius 2 is 1.48 bits per heavy atom. The topological polar surface area (TPSA) is 46.6 Å². The van der Waals surface area contributed by atoms with Crippen LogP contribution in [0.25, 0.3) is 10.8 Å². The number of fused-ring (bicyclic) bond motifs is 1. The maximum absolute atomic E-state index is 12.5. The van der Waals surface area contributed by atoms with E-state index in [1.165, 1.54) is 6.92 Å². The van der Waals surface area contributed by atoms with Crippen LogP contribution in [-0.4, -0.2) is 11.9 Å². The highest BCUT2D eigenvalue weighted by Crippen LogP contribution is 2.22. The predicted octanol–water partition coefficient (Wildman–Crippen LogP) is 5.75. The molecule has 0 saturated heterocycles. The summed E-state index contributed by atoms with van der Waals surface area (Å²) in [6.45, 7) is 2.15. The highest BCUT2D eigenvalue weighted by atomic mass is 16.5. The Balaban J connectivity index is 1.52. The monoisotopic (exact) mass is 409 g/mol. The standard InChI is InChI=1S/C27H23NO3/c1-20(29)28(18-22-14-15-23-10-5-6-11-24(23)16-22)26-13-7-12-25(17-26)27(30)31-19-21-8-3-2-4-9-21/h2-17H,18-19H2,1H3. The van der Waals surface area contributed by atoms with Gasteiger partial charge in [0.2, 0.25) is 5.91 Å². The van der Waals surface area contributed by atoms with Crippen LogP contribution in [0, 0.1) is 0 Å². The van der Waals surface area contributed by atoms with Crippen molar-refractivity contribution >= 4 is 28.3 Å². The lowest BCUT2D eigenvalue weighted by atomic mass is 10.1. The highest BCUT2D eigenvalue weighted by molar-refractivity contribution is 5.95. The Bertz CT molecular complexity index is 1220. The Morgan fingerprint density at radius 3 is 2.26 bits per heavy atom. The molecule has 0 aliphatic carbocycles. The fourth-order valence-electron chi connectivity index (χ4n) is 3.51. The van der Waals surface area contributed by atoms with Gasteiger partial charge in [-0.3, -0.25) is 4.79 Å². The van der Waals surface area contributed by atoms with Gasteiger partial charge in [-0.15, -0.1) is 0 Å². The van der Waals surface area contributed by atoms with Gasteiger partial charge in [-0.1, -0.05) is 72.8 Å². The first-order valence-electron chi connectivity index (χ1n) is 10.2. The van der Waals surface area contributed by atoms with Gasteiger partial charge in [-0.2, -0.15) is 0 Å². The molecule has 0 atom stereocenters. The number of hydrogen-bond donors (Lipinski definition) is 0. The molecule has 0 aromatic heterocycles. The van der Waals surface area contributed by atoms with Crippen molar-refractivity contribution in [1.82, 2.24) is 0 Å². The number of esters is 1. The van der Waals surface area contributed by atoms with Crippen LogP contribution < -0.4 is 4.90 Å². The van der Waals surface area contributed by atoms with Gasteiger partial charge in [-0.05, 0) is 46.2 Å². The molecular weight excluding hydrogens is 386 g/mol. The van der Waals surface area contributed by atoms with E-state index in [9.17, 15) is 9.59 Å². The summed E-state index contributed by atoms with van der Waals surface area (Å²) >= 11 is 0. The molecule has 4 rings (SSSR count). The Morgan fingerprint density at radius 1 is 0.742 bits per heavy atom. The van der Waals surface area contributed by atoms with Crippen molar-refractivity contribution < 1.29 is 14.3 Å². The van der Waals surface area contributed by atoms with Crippen molar-refractivity contribution in [2.75, 3.05) is 4.90 Å². The van der Waals surface area contributed by atoms with Crippen LogP contribution in [-0.2, 0) is 22.7 Å². The summed E-state index contributed by atoms with van der Waals surface area (Å²) in [4.78, 5) is 26.6. The number of nitrogens with zero attached hydrogens (tertiary/aromatic N) is 1. The van der Waals surface area contributed by atoms with E-state index >= 15 is 0 Å². The van der Waals surface area contributed by atoms with E-state index in [1.54, 1.807) is 23.1 Å². The first-order valence-corrected chi connectivity index (χ1v) is 10.2. The average Bonchev–Trinajstić information content (AvgIpc) is 2.81. The third-order valence-corrected chi connectivity index (χ3v) is 5.14. The number of rotatable bonds is 6. The zero-order chi connectivity index (χ0) is 21.6. The molecule has 31 heavy (non-hydrogen) atoms. The van der Waals surface area contributed by atoms with Crippen molar-refractivity contribution in [3.05, 3.63) is 114 Å². The van der Waals surface area contributed by atoms with Gasteiger partial charge < -0.3 is 9.64 Å². The minimum absolute atomic E-state index is 0.0945. The van der Waals surface area contributed by atoms with E-state index < -0.39 is 5.97 Å². The Labute approximate surface area is 181 Å². The van der Waals surface area contributed by atoms with Crippen LogP contribution >= 0.6 is 0 Å². The lowest BCUT2D eigenvalue weighted by molar-refractivity contribution is -0.116. The van der Waals surface area contributed by atoms with Gasteiger partial charge in [0.05, 0.1) is 12.1 Å². The molecule has 1 amide bonds. The van der Waals surface area contributed by atoms with Crippen molar-refractivity contribution in [3.63, 3.8) is 0 Å². The molecule has 4 aromatic rings. The smallest absolute Gasteiger partial charge is 0.338 e. The van der Waals surface area contributed by atoms with E-state index in [1.807, 2.05) is 54.6 Å². The van der Waals surface area contributed by atoms with Gasteiger partial charge in [-0.25, -0.2) is 4.79 Å². The molecule has 0 bridgehead atoms. The third-order valence-electron chi connectivity index (χ3n) is 5.14. The lowest BCUT2D eigenvalue weighted by Crippen LogP contribution is -2.28. The van der Waals surface area contributed by atoms with Crippen LogP contribution in [0.3, 0.4) is 0 Å². The quantitative estimate of drug-likeness (QED) is 0.381. The number of hydrogen-bond acceptors (Lipinski definition) is 3. The molecule has 4 aromatic carbocycles. The lowest BCUT2D eigenvalue weighted by Gasteiger charge is -2.22. The Kier molecular flexibility index (Phi) is 6.08. The molecule has 0 spiro atoms. The zero-order valence-corrected chi connectivity index (χ0v) is 17.3. The molecule has 0 fully saturated rings. The van der Waals surface area contributed by atoms with E-state index in [4.69, 9.17) is 4.74 Å². The molecule has 0 heterocycles. The number of ether oxygens (including phenoxy) is 1. The van der Waals surface area contributed by atoms with Crippen LogP contribution in [0.15, 0.2) is 97.1 Å². The second-order valence-electron chi connectivity index (χ2n) is 7.40. The molecule has 0 unspecified atom stereocenters. The van der Waals surface area contributed by atoms with Crippen molar-refractivity contribution in [2.24, 2.45) is 0 Å². The van der Waals surface area contributed by atoms with Crippen LogP contribution in [0.1, 0.15) is 28.4 Å². The van der Waals surface area contributed by atoms with Crippen LogP contribution in [0.5, 0.6) is 0 Å². The van der Waals surface area contributed by atoms with E-state index in [-0.39, 0.29) is 12.5 Å². The molecule has 154 valence electrons. The van der Waals surface area contributed by atoms with Gasteiger partial charge in [0, 0.05) is 12.6 Å². The second-order valence-corrected chi connectivity index (χ2v) is 7.40. The summed E-state index contributed by atoms with van der Waals surface area (Å²) in [5.41, 5.74) is 3.02. The summed E-state index contributed by atoms with van der Waals surface area (Å²) in [6.07, 6.45) is 0. The molecule has 0 aliphatic rings. The van der Waals surface area contributed by atoms with Crippen LogP contribution in [0.4, 0.5) is 5.69 Å². The minimum Gasteiger partial charge on any atom is -0.457 e. The molecular formula is C27H23NO3. The molecule has 4 heteroatoms. The third kappa shape index (κ3) is 4.98. The minimum atomic E-state index is -0.417. The summed E-state index contributed by atoms with van der Waals surface area (Å²) in [5, 5.41) is 2.28. The summed E-state index contributed by atoms with van der Waals surface area (Å²) in [5.74, 6) is -0.511. The summed E-state index contributed by atoms with van der Waals surface area (Å²) < 4.78 is 5.43. The summed E-state index contributed by atoms with van der Waals surface area (Å²) in [7, 11) is 0. The predicted molar refractivity (Wildman–Crippen MR) is 123 cm³/mol. The number of carbonyl (C=O) groups excluding carboxylic acids is 2. The van der Waals surface area contributed by atoms with Gasteiger partial charge >= 0.3 is 5.97 Å². The maximum Gasteiger partial charge on any atom is 0.338 e. The largest absolute Gasteiger partial charge is 0.457 e. The fourth-order valence-corrected chi connectivity index (χ4v) is 3.51. The van der Waals surface area contributed by atoms with E-state index in [2.05, 4.69) is 24.3 Å². The average molecular weight is 409 g/mol. The van der Waals surface area contributed by atoms with E-state index in [0.717, 1.165) is 21.9 Å². The molecule has 0 N–H and O–H groups in total. The zero-order valence-electron chi connectivity index (χ0n) is 17.3. The Hall–Kier alpha value is -3.92. The first-order chi connectivity index (χ1) is 15.1. The number of benzene rings is 4. The number of anilines is 1. The normalized spacial score (nSPS) is 10.6. The fraction of sp³-hybridized carbons (Fsp3) is 0.111. The molecule has 0 aliphatic heterocycles. The van der Waals surface area contributed by atoms with E-state index in [0.29, 0.717) is 17.8 Å². The van der Waals surface area contributed by atoms with Crippen molar-refractivity contribution in [3.8, 4) is 0 Å². The second kappa shape index (κ2) is 9.26. The van der Waals surface area contributed by atoms with Gasteiger partial charge in [0.1, 0.15) is 6.61 Å². The van der Waals surface area contributed by atoms with Crippen molar-refractivity contribution in [2.45, 2.75) is 20.1 Å². The number of amides is 1. The van der Waals surface area contributed by atoms with Gasteiger partial charge in [0.15, 0.2) is 0 Å². The SMILES string of the molecule is CC(=O)N(Cc1ccc2ccccc2c1)c1cccc(C(=O)OCc2ccccc2)c1. The molecule has 4 nitrogen and oxygen atoms in total. The molecule has 0 saturated carbocycles. The van der Waals surface area contributed by atoms with Crippen LogP contribution in [0.2, 0.25) is 0 Å². The maximum atomic E-state index is 12.5. The molecule has 0 radical (unpaired) electrons. The summed E-state index contributed by atoms with van der Waals surface area (Å²) in [6, 6.07) is 30.8. The van der Waals surface area contributed by atoms with Gasteiger partial charge in [0.25, 0.3) is 0 Å². The first kappa shape index (κ1) is 20.4. The number of carbonyl (C=O) groups is 2. The highest BCUT2D eigenvalue weighted by Gasteiger charge is 2.15. The van der Waals surface area contributed by atoms with Crippen molar-refractivity contribution in [1.29, 1.82) is 0 Å².